The number of fused-ring (bicyclic) bond motifs is 1. The monoisotopic (exact) mass is 360 g/mol. The number of amides is 1. The molecule has 4 fully saturated rings. The van der Waals surface area contributed by atoms with E-state index < -0.39 is 0 Å². The van der Waals surface area contributed by atoms with Gasteiger partial charge in [0.1, 0.15) is 0 Å². The summed E-state index contributed by atoms with van der Waals surface area (Å²) in [6.45, 7) is 8.39. The molecule has 146 valence electrons. The Morgan fingerprint density at radius 3 is 2.85 bits per heavy atom. The Hall–Kier alpha value is -0.870. The third kappa shape index (κ3) is 3.73. The summed E-state index contributed by atoms with van der Waals surface area (Å²) in [5.41, 5.74) is 1.47. The topological polar surface area (TPSA) is 41.6 Å². The third-order valence-electron chi connectivity index (χ3n) is 7.40. The maximum atomic E-state index is 12.3. The van der Waals surface area contributed by atoms with Gasteiger partial charge >= 0.3 is 0 Å². The Morgan fingerprint density at radius 1 is 1.27 bits per heavy atom. The average Bonchev–Trinajstić information content (AvgIpc) is 3.36. The lowest BCUT2D eigenvalue weighted by molar-refractivity contribution is -0.121. The van der Waals surface area contributed by atoms with Gasteiger partial charge in [0.15, 0.2) is 0 Å². The highest BCUT2D eigenvalue weighted by atomic mass is 16.5. The van der Waals surface area contributed by atoms with Gasteiger partial charge in [0.2, 0.25) is 5.91 Å². The number of carbonyl (C=O) groups excluding carboxylic acids is 1. The van der Waals surface area contributed by atoms with Gasteiger partial charge in [-0.05, 0) is 39.0 Å². The van der Waals surface area contributed by atoms with Crippen LogP contribution in [0.4, 0.5) is 0 Å². The second-order valence-electron chi connectivity index (χ2n) is 9.50. The van der Waals surface area contributed by atoms with Crippen LogP contribution in [0.15, 0.2) is 11.6 Å². The molecule has 0 aromatic rings. The molecule has 3 heterocycles. The van der Waals surface area contributed by atoms with E-state index in [1.54, 1.807) is 0 Å². The lowest BCUT2D eigenvalue weighted by Crippen LogP contribution is -2.41. The largest absolute Gasteiger partial charge is 0.370 e. The molecule has 1 aliphatic carbocycles. The van der Waals surface area contributed by atoms with Crippen LogP contribution in [0, 0.1) is 17.8 Å². The highest BCUT2D eigenvalue weighted by Gasteiger charge is 2.62. The standard InChI is InChI=1S/C22H36N2O2/c1-16(2)10-12-24-14-19-18(20-9-11-22(19,15-24)26-20)13-23-21(25)8-7-17-5-3-4-6-17/h10,17-20H,3-9,11-15H2,1-2H3,(H,23,25)/t18-,19+,20+,22+/m0/s1. The average molecular weight is 361 g/mol. The molecule has 4 heteroatoms. The zero-order valence-electron chi connectivity index (χ0n) is 16.6. The molecule has 3 saturated heterocycles. The Kier molecular flexibility index (Phi) is 5.43. The third-order valence-corrected chi connectivity index (χ3v) is 7.40. The van der Waals surface area contributed by atoms with Crippen LogP contribution in [0.1, 0.15) is 65.2 Å². The molecule has 1 N–H and O–H groups in total. The van der Waals surface area contributed by atoms with Crippen LogP contribution >= 0.6 is 0 Å². The molecule has 4 aliphatic rings. The Labute approximate surface area is 158 Å². The fourth-order valence-electron chi connectivity index (χ4n) is 5.96. The van der Waals surface area contributed by atoms with Crippen LogP contribution in [0.3, 0.4) is 0 Å². The van der Waals surface area contributed by atoms with E-state index in [2.05, 4.69) is 30.1 Å². The van der Waals surface area contributed by atoms with Gasteiger partial charge in [-0.25, -0.2) is 0 Å². The lowest BCUT2D eigenvalue weighted by atomic mass is 9.73. The molecular formula is C22H36N2O2. The zero-order chi connectivity index (χ0) is 18.1. The Morgan fingerprint density at radius 2 is 2.08 bits per heavy atom. The minimum absolute atomic E-state index is 0.0827. The van der Waals surface area contributed by atoms with Gasteiger partial charge in [0, 0.05) is 44.4 Å². The van der Waals surface area contributed by atoms with Gasteiger partial charge in [-0.3, -0.25) is 9.69 Å². The second-order valence-corrected chi connectivity index (χ2v) is 9.50. The molecule has 2 bridgehead atoms. The van der Waals surface area contributed by atoms with Crippen molar-refractivity contribution in [1.29, 1.82) is 0 Å². The molecular weight excluding hydrogens is 324 g/mol. The zero-order valence-corrected chi connectivity index (χ0v) is 16.6. The van der Waals surface area contributed by atoms with E-state index >= 15 is 0 Å². The number of rotatable bonds is 7. The first-order valence-electron chi connectivity index (χ1n) is 10.9. The summed E-state index contributed by atoms with van der Waals surface area (Å²) >= 11 is 0. The molecule has 4 rings (SSSR count). The molecule has 0 aromatic carbocycles. The highest BCUT2D eigenvalue weighted by Crippen LogP contribution is 2.54. The summed E-state index contributed by atoms with van der Waals surface area (Å²) < 4.78 is 6.49. The van der Waals surface area contributed by atoms with Crippen molar-refractivity contribution >= 4 is 5.91 Å². The molecule has 1 amide bonds. The van der Waals surface area contributed by atoms with Crippen LogP contribution in [-0.2, 0) is 9.53 Å². The Balaban J connectivity index is 1.27. The van der Waals surface area contributed by atoms with Crippen LogP contribution in [-0.4, -0.2) is 48.7 Å². The van der Waals surface area contributed by atoms with Crippen LogP contribution in [0.5, 0.6) is 0 Å². The fraction of sp³-hybridized carbons (Fsp3) is 0.864. The highest BCUT2D eigenvalue weighted by molar-refractivity contribution is 5.75. The maximum absolute atomic E-state index is 12.3. The van der Waals surface area contributed by atoms with E-state index in [0.29, 0.717) is 24.4 Å². The van der Waals surface area contributed by atoms with Gasteiger partial charge in [0.25, 0.3) is 0 Å². The number of likely N-dealkylation sites (tertiary alicyclic amines) is 1. The van der Waals surface area contributed by atoms with Gasteiger partial charge in [-0.2, -0.15) is 0 Å². The van der Waals surface area contributed by atoms with Crippen LogP contribution in [0.2, 0.25) is 0 Å². The fourth-order valence-corrected chi connectivity index (χ4v) is 5.96. The van der Waals surface area contributed by atoms with E-state index in [1.165, 1.54) is 44.1 Å². The van der Waals surface area contributed by atoms with Crippen molar-refractivity contribution in [3.8, 4) is 0 Å². The summed E-state index contributed by atoms with van der Waals surface area (Å²) in [6, 6.07) is 0. The molecule has 3 aliphatic heterocycles. The van der Waals surface area contributed by atoms with E-state index in [4.69, 9.17) is 4.74 Å². The van der Waals surface area contributed by atoms with Gasteiger partial charge in [-0.1, -0.05) is 37.3 Å². The van der Waals surface area contributed by atoms with E-state index in [9.17, 15) is 4.79 Å². The number of hydrogen-bond donors (Lipinski definition) is 1. The van der Waals surface area contributed by atoms with E-state index in [1.807, 2.05) is 0 Å². The molecule has 26 heavy (non-hydrogen) atoms. The lowest BCUT2D eigenvalue weighted by Gasteiger charge is -2.29. The van der Waals surface area contributed by atoms with Gasteiger partial charge < -0.3 is 10.1 Å². The first-order chi connectivity index (χ1) is 12.6. The van der Waals surface area contributed by atoms with Crippen molar-refractivity contribution in [3.63, 3.8) is 0 Å². The summed E-state index contributed by atoms with van der Waals surface area (Å²) in [5.74, 6) is 2.17. The Bertz CT molecular complexity index is 550. The number of hydrogen-bond acceptors (Lipinski definition) is 3. The molecule has 0 unspecified atom stereocenters. The smallest absolute Gasteiger partial charge is 0.220 e. The van der Waals surface area contributed by atoms with Crippen molar-refractivity contribution in [2.75, 3.05) is 26.2 Å². The predicted octanol–water partition coefficient (Wildman–Crippen LogP) is 3.52. The SMILES string of the molecule is CC(C)=CCN1C[C@@H]2[C@H](CNC(=O)CCC3CCCC3)[C@H]3CC[C@]2(C1)O3. The molecule has 1 saturated carbocycles. The number of carbonyl (C=O) groups is 1. The van der Waals surface area contributed by atoms with Crippen molar-refractivity contribution in [1.82, 2.24) is 10.2 Å². The summed E-state index contributed by atoms with van der Waals surface area (Å²) in [4.78, 5) is 14.9. The first kappa shape index (κ1) is 18.5. The van der Waals surface area contributed by atoms with Crippen molar-refractivity contribution < 1.29 is 9.53 Å². The van der Waals surface area contributed by atoms with Crippen molar-refractivity contribution in [2.45, 2.75) is 76.9 Å². The molecule has 1 spiro atoms. The quantitative estimate of drug-likeness (QED) is 0.706. The van der Waals surface area contributed by atoms with Gasteiger partial charge in [0.05, 0.1) is 11.7 Å². The number of nitrogens with zero attached hydrogens (tertiary/aromatic N) is 1. The predicted molar refractivity (Wildman–Crippen MR) is 104 cm³/mol. The van der Waals surface area contributed by atoms with Crippen molar-refractivity contribution in [3.05, 3.63) is 11.6 Å². The van der Waals surface area contributed by atoms with E-state index in [0.717, 1.165) is 38.5 Å². The molecule has 4 nitrogen and oxygen atoms in total. The molecule has 0 radical (unpaired) electrons. The van der Waals surface area contributed by atoms with Crippen LogP contribution in [0.25, 0.3) is 0 Å². The number of ether oxygens (including phenoxy) is 1. The van der Waals surface area contributed by atoms with Gasteiger partial charge in [-0.15, -0.1) is 0 Å². The first-order valence-corrected chi connectivity index (χ1v) is 10.9. The summed E-state index contributed by atoms with van der Waals surface area (Å²) in [6.07, 6.45) is 12.3. The second kappa shape index (κ2) is 7.63. The maximum Gasteiger partial charge on any atom is 0.220 e. The van der Waals surface area contributed by atoms with E-state index in [-0.39, 0.29) is 11.5 Å². The normalized spacial score (nSPS) is 36.5. The molecule has 4 atom stereocenters. The van der Waals surface area contributed by atoms with Crippen LogP contribution < -0.4 is 5.32 Å². The summed E-state index contributed by atoms with van der Waals surface area (Å²) in [7, 11) is 0. The minimum Gasteiger partial charge on any atom is -0.370 e. The number of allylic oxidation sites excluding steroid dienone is 1. The summed E-state index contributed by atoms with van der Waals surface area (Å²) in [5, 5.41) is 3.26. The minimum atomic E-state index is 0.0827. The molecule has 0 aromatic heterocycles. The van der Waals surface area contributed by atoms with Crippen molar-refractivity contribution in [2.24, 2.45) is 17.8 Å². The number of nitrogens with one attached hydrogen (secondary N) is 1.